The minimum atomic E-state index is -2.62. The van der Waals surface area contributed by atoms with Gasteiger partial charge in [-0.2, -0.15) is 5.26 Å². The van der Waals surface area contributed by atoms with Gasteiger partial charge >= 0.3 is 0 Å². The van der Waals surface area contributed by atoms with Crippen molar-refractivity contribution in [3.63, 3.8) is 0 Å². The fraction of sp³-hybridized carbons (Fsp3) is 0.400. The first-order chi connectivity index (χ1) is 7.11. The van der Waals surface area contributed by atoms with E-state index in [9.17, 15) is 8.78 Å². The molecular weight excluding hydrogens is 202 g/mol. The molecular formula is C10H10F2N2O. The highest BCUT2D eigenvalue weighted by atomic mass is 19.3. The predicted octanol–water partition coefficient (Wildman–Crippen LogP) is 2.40. The second-order valence-corrected chi connectivity index (χ2v) is 2.96. The van der Waals surface area contributed by atoms with Crippen LogP contribution < -0.4 is 4.74 Å². The van der Waals surface area contributed by atoms with Gasteiger partial charge in [-0.3, -0.25) is 0 Å². The lowest BCUT2D eigenvalue weighted by molar-refractivity contribution is 0.149. The number of alkyl halides is 2. The summed E-state index contributed by atoms with van der Waals surface area (Å²) in [5, 5.41) is 8.56. The molecule has 0 aliphatic rings. The van der Waals surface area contributed by atoms with Crippen LogP contribution in [-0.2, 0) is 6.42 Å². The summed E-state index contributed by atoms with van der Waals surface area (Å²) >= 11 is 0. The Morgan fingerprint density at radius 3 is 2.73 bits per heavy atom. The van der Waals surface area contributed by atoms with Gasteiger partial charge in [-0.1, -0.05) is 0 Å². The van der Waals surface area contributed by atoms with Crippen molar-refractivity contribution in [3.8, 4) is 11.9 Å². The highest BCUT2D eigenvalue weighted by Crippen LogP contribution is 2.28. The molecule has 0 saturated carbocycles. The van der Waals surface area contributed by atoms with E-state index in [1.54, 1.807) is 6.92 Å². The second-order valence-electron chi connectivity index (χ2n) is 2.96. The number of methoxy groups -OCH3 is 1. The van der Waals surface area contributed by atoms with Gasteiger partial charge in [0.2, 0.25) is 5.88 Å². The van der Waals surface area contributed by atoms with Gasteiger partial charge in [0, 0.05) is 17.3 Å². The van der Waals surface area contributed by atoms with Gasteiger partial charge in [-0.15, -0.1) is 0 Å². The maximum Gasteiger partial charge on any atom is 0.265 e. The Morgan fingerprint density at radius 1 is 1.60 bits per heavy atom. The van der Waals surface area contributed by atoms with Gasteiger partial charge < -0.3 is 4.74 Å². The van der Waals surface area contributed by atoms with Gasteiger partial charge in [0.25, 0.3) is 6.43 Å². The third-order valence-electron chi connectivity index (χ3n) is 2.13. The maximum atomic E-state index is 12.6. The summed E-state index contributed by atoms with van der Waals surface area (Å²) in [5.74, 6) is 0.282. The van der Waals surface area contributed by atoms with Crippen LogP contribution in [0.5, 0.6) is 5.88 Å². The fourth-order valence-corrected chi connectivity index (χ4v) is 1.36. The van der Waals surface area contributed by atoms with Crippen LogP contribution in [0.4, 0.5) is 8.78 Å². The SMILES string of the molecule is COc1ncc(C(F)F)c(CC#N)c1C. The molecule has 3 nitrogen and oxygen atoms in total. The number of rotatable bonds is 3. The van der Waals surface area contributed by atoms with Crippen molar-refractivity contribution in [1.29, 1.82) is 5.26 Å². The van der Waals surface area contributed by atoms with Crippen LogP contribution in [0.25, 0.3) is 0 Å². The zero-order valence-electron chi connectivity index (χ0n) is 8.42. The number of nitrogens with zero attached hydrogens (tertiary/aromatic N) is 2. The summed E-state index contributed by atoms with van der Waals surface area (Å²) in [6, 6.07) is 1.85. The minimum Gasteiger partial charge on any atom is -0.481 e. The molecule has 0 aliphatic heterocycles. The third kappa shape index (κ3) is 2.21. The monoisotopic (exact) mass is 212 g/mol. The molecule has 1 rings (SSSR count). The molecule has 0 spiro atoms. The Labute approximate surface area is 86.3 Å². The molecule has 0 unspecified atom stereocenters. The Hall–Kier alpha value is -1.70. The van der Waals surface area contributed by atoms with Gasteiger partial charge in [0.1, 0.15) is 0 Å². The van der Waals surface area contributed by atoms with Crippen molar-refractivity contribution in [2.75, 3.05) is 7.11 Å². The highest BCUT2D eigenvalue weighted by molar-refractivity contribution is 5.41. The molecule has 1 heterocycles. The molecule has 1 aromatic rings. The van der Waals surface area contributed by atoms with Crippen LogP contribution in [0.3, 0.4) is 0 Å². The summed E-state index contributed by atoms with van der Waals surface area (Å²) in [4.78, 5) is 3.75. The van der Waals surface area contributed by atoms with E-state index in [2.05, 4.69) is 4.98 Å². The molecule has 15 heavy (non-hydrogen) atoms. The van der Waals surface area contributed by atoms with Crippen molar-refractivity contribution in [2.45, 2.75) is 19.8 Å². The van der Waals surface area contributed by atoms with Crippen molar-refractivity contribution < 1.29 is 13.5 Å². The van der Waals surface area contributed by atoms with E-state index >= 15 is 0 Å². The van der Waals surface area contributed by atoms with E-state index < -0.39 is 6.43 Å². The van der Waals surface area contributed by atoms with E-state index in [1.807, 2.05) is 6.07 Å². The molecule has 80 valence electrons. The number of hydrogen-bond acceptors (Lipinski definition) is 3. The molecule has 5 heteroatoms. The van der Waals surface area contributed by atoms with Crippen LogP contribution in [0.2, 0.25) is 0 Å². The zero-order chi connectivity index (χ0) is 11.4. The number of halogens is 2. The molecule has 0 fully saturated rings. The molecule has 0 saturated heterocycles. The lowest BCUT2D eigenvalue weighted by Crippen LogP contribution is -2.02. The molecule has 0 bridgehead atoms. The molecule has 0 radical (unpaired) electrons. The van der Waals surface area contributed by atoms with Gasteiger partial charge in [-0.05, 0) is 12.5 Å². The summed E-state index contributed by atoms with van der Waals surface area (Å²) in [6.45, 7) is 1.62. The lowest BCUT2D eigenvalue weighted by Gasteiger charge is -2.11. The molecule has 0 amide bonds. The zero-order valence-corrected chi connectivity index (χ0v) is 8.42. The largest absolute Gasteiger partial charge is 0.481 e. The van der Waals surface area contributed by atoms with E-state index in [-0.39, 0.29) is 17.9 Å². The van der Waals surface area contributed by atoms with Gasteiger partial charge in [0.05, 0.1) is 19.6 Å². The van der Waals surface area contributed by atoms with Crippen molar-refractivity contribution in [3.05, 3.63) is 22.9 Å². The predicted molar refractivity (Wildman–Crippen MR) is 49.8 cm³/mol. The van der Waals surface area contributed by atoms with Crippen molar-refractivity contribution in [1.82, 2.24) is 4.98 Å². The van der Waals surface area contributed by atoms with Gasteiger partial charge in [0.15, 0.2) is 0 Å². The normalized spacial score (nSPS) is 10.1. The molecule has 0 N–H and O–H groups in total. The Kier molecular flexibility index (Phi) is 3.56. The molecule has 0 aliphatic carbocycles. The van der Waals surface area contributed by atoms with Crippen molar-refractivity contribution >= 4 is 0 Å². The summed E-state index contributed by atoms with van der Waals surface area (Å²) in [6.07, 6.45) is -1.63. The van der Waals surface area contributed by atoms with E-state index in [0.29, 0.717) is 11.1 Å². The average Bonchev–Trinajstić information content (AvgIpc) is 2.20. The summed E-state index contributed by atoms with van der Waals surface area (Å²) < 4.78 is 30.1. The summed E-state index contributed by atoms with van der Waals surface area (Å²) in [7, 11) is 1.41. The Morgan fingerprint density at radius 2 is 2.27 bits per heavy atom. The molecule has 1 aromatic heterocycles. The molecule has 0 aromatic carbocycles. The maximum absolute atomic E-state index is 12.6. The van der Waals surface area contributed by atoms with Crippen LogP contribution in [0.15, 0.2) is 6.20 Å². The number of hydrogen-bond donors (Lipinski definition) is 0. The standard InChI is InChI=1S/C10H10F2N2O/c1-6-7(3-4-13)8(9(11)12)5-14-10(6)15-2/h5,9H,3H2,1-2H3. The van der Waals surface area contributed by atoms with E-state index in [0.717, 1.165) is 6.20 Å². The Bertz CT molecular complexity index is 399. The van der Waals surface area contributed by atoms with Gasteiger partial charge in [-0.25, -0.2) is 13.8 Å². The lowest BCUT2D eigenvalue weighted by atomic mass is 10.0. The first kappa shape index (κ1) is 11.4. The Balaban J connectivity index is 3.32. The quantitative estimate of drug-likeness (QED) is 0.772. The summed E-state index contributed by atoms with van der Waals surface area (Å²) in [5.41, 5.74) is 0.603. The number of aromatic nitrogens is 1. The van der Waals surface area contributed by atoms with Crippen LogP contribution in [0.1, 0.15) is 23.1 Å². The second kappa shape index (κ2) is 4.69. The first-order valence-corrected chi connectivity index (χ1v) is 4.29. The highest BCUT2D eigenvalue weighted by Gasteiger charge is 2.18. The number of nitriles is 1. The van der Waals surface area contributed by atoms with E-state index in [1.165, 1.54) is 7.11 Å². The topological polar surface area (TPSA) is 45.9 Å². The van der Waals surface area contributed by atoms with E-state index in [4.69, 9.17) is 10.00 Å². The third-order valence-corrected chi connectivity index (χ3v) is 2.13. The van der Waals surface area contributed by atoms with Crippen molar-refractivity contribution in [2.24, 2.45) is 0 Å². The number of pyridine rings is 1. The van der Waals surface area contributed by atoms with Crippen LogP contribution >= 0.6 is 0 Å². The van der Waals surface area contributed by atoms with Crippen LogP contribution in [-0.4, -0.2) is 12.1 Å². The van der Waals surface area contributed by atoms with Crippen LogP contribution in [0, 0.1) is 18.3 Å². The fourth-order valence-electron chi connectivity index (χ4n) is 1.36. The molecule has 0 atom stereocenters. The first-order valence-electron chi connectivity index (χ1n) is 4.29. The average molecular weight is 212 g/mol. The minimum absolute atomic E-state index is 0.0651. The smallest absolute Gasteiger partial charge is 0.265 e. The number of ether oxygens (including phenoxy) is 1.